The summed E-state index contributed by atoms with van der Waals surface area (Å²) in [7, 11) is 4.00. The highest BCUT2D eigenvalue weighted by Gasteiger charge is 2.53. The van der Waals surface area contributed by atoms with Gasteiger partial charge in [0.2, 0.25) is 0 Å². The molecule has 3 atom stereocenters. The number of hydrogen-bond donors (Lipinski definition) is 0. The minimum absolute atomic E-state index is 0.387. The fourth-order valence-electron chi connectivity index (χ4n) is 6.02. The second-order valence-electron chi connectivity index (χ2n) is 8.86. The molecule has 1 aliphatic heterocycles. The summed E-state index contributed by atoms with van der Waals surface area (Å²) in [5, 5.41) is 0. The number of methoxy groups -OCH3 is 1. The zero-order valence-corrected chi connectivity index (χ0v) is 18.2. The van der Waals surface area contributed by atoms with E-state index >= 15 is 0 Å². The van der Waals surface area contributed by atoms with Crippen LogP contribution in [-0.4, -0.2) is 71.3 Å². The number of benzene rings is 1. The second-order valence-corrected chi connectivity index (χ2v) is 8.86. The molecular weight excluding hydrogens is 366 g/mol. The molecule has 0 unspecified atom stereocenters. The van der Waals surface area contributed by atoms with Crippen LogP contribution in [0.2, 0.25) is 0 Å². The summed E-state index contributed by atoms with van der Waals surface area (Å²) in [4.78, 5) is 2.61. The fraction of sp³-hybridized carbons (Fsp3) is 0.750. The molecule has 0 radical (unpaired) electrons. The Bertz CT molecular complexity index is 666. The molecule has 1 saturated heterocycles. The van der Waals surface area contributed by atoms with Gasteiger partial charge in [-0.05, 0) is 62.4 Å². The first-order chi connectivity index (χ1) is 14.3. The third-order valence-corrected chi connectivity index (χ3v) is 7.41. The number of piperidine rings is 1. The van der Waals surface area contributed by atoms with E-state index in [0.29, 0.717) is 51.1 Å². The number of hydrogen-bond acceptors (Lipinski definition) is 5. The number of nitrogens with zero attached hydrogens (tertiary/aromatic N) is 1. The van der Waals surface area contributed by atoms with Gasteiger partial charge in [0.05, 0.1) is 33.0 Å². The predicted molar refractivity (Wildman–Crippen MR) is 114 cm³/mol. The highest BCUT2D eigenvalue weighted by molar-refractivity contribution is 5.49. The summed E-state index contributed by atoms with van der Waals surface area (Å²) in [6, 6.07) is 7.43. The third-order valence-electron chi connectivity index (χ3n) is 7.41. The van der Waals surface area contributed by atoms with Crippen LogP contribution >= 0.6 is 0 Å². The minimum atomic E-state index is 0.387. The van der Waals surface area contributed by atoms with E-state index in [0.717, 1.165) is 18.1 Å². The molecule has 0 N–H and O–H groups in total. The summed E-state index contributed by atoms with van der Waals surface area (Å²) in [6.45, 7) is 4.84. The summed E-state index contributed by atoms with van der Waals surface area (Å²) in [5.74, 6) is 1.89. The van der Waals surface area contributed by atoms with Crippen LogP contribution in [0.25, 0.3) is 0 Å². The van der Waals surface area contributed by atoms with Crippen LogP contribution in [-0.2, 0) is 26.0 Å². The van der Waals surface area contributed by atoms with Crippen molar-refractivity contribution < 1.29 is 18.9 Å². The van der Waals surface area contributed by atoms with Crippen molar-refractivity contribution in [2.45, 2.75) is 50.0 Å². The molecule has 29 heavy (non-hydrogen) atoms. The van der Waals surface area contributed by atoms with Crippen LogP contribution in [0.15, 0.2) is 18.2 Å². The van der Waals surface area contributed by atoms with Gasteiger partial charge in [-0.25, -0.2) is 0 Å². The topological polar surface area (TPSA) is 40.2 Å². The van der Waals surface area contributed by atoms with Crippen LogP contribution in [0.4, 0.5) is 0 Å². The molecule has 1 aromatic rings. The minimum Gasteiger partial charge on any atom is -0.491 e. The Labute approximate surface area is 175 Å². The molecule has 0 spiro atoms. The molecule has 1 heterocycles. The molecule has 4 rings (SSSR count). The maximum Gasteiger partial charge on any atom is 0.122 e. The van der Waals surface area contributed by atoms with Crippen LogP contribution in [0.1, 0.15) is 43.2 Å². The molecular formula is C24H37NO4. The van der Waals surface area contributed by atoms with Crippen molar-refractivity contribution in [3.05, 3.63) is 29.3 Å². The van der Waals surface area contributed by atoms with Crippen molar-refractivity contribution in [3.63, 3.8) is 0 Å². The van der Waals surface area contributed by atoms with Crippen molar-refractivity contribution >= 4 is 0 Å². The fourth-order valence-corrected chi connectivity index (χ4v) is 6.02. The van der Waals surface area contributed by atoms with E-state index in [-0.39, 0.29) is 0 Å². The molecule has 5 nitrogen and oxygen atoms in total. The maximum absolute atomic E-state index is 6.22. The van der Waals surface area contributed by atoms with Crippen LogP contribution in [0, 0.1) is 5.92 Å². The van der Waals surface area contributed by atoms with Gasteiger partial charge in [-0.1, -0.05) is 25.0 Å². The summed E-state index contributed by atoms with van der Waals surface area (Å²) < 4.78 is 22.3. The Morgan fingerprint density at radius 2 is 1.79 bits per heavy atom. The van der Waals surface area contributed by atoms with Crippen molar-refractivity contribution in [1.29, 1.82) is 0 Å². The number of rotatable bonds is 10. The number of fused-ring (bicyclic) bond motifs is 1. The molecule has 5 heteroatoms. The van der Waals surface area contributed by atoms with E-state index in [1.165, 1.54) is 44.2 Å². The van der Waals surface area contributed by atoms with Gasteiger partial charge in [0.15, 0.2) is 0 Å². The van der Waals surface area contributed by atoms with Crippen molar-refractivity contribution in [3.8, 4) is 5.75 Å². The molecule has 2 fully saturated rings. The highest BCUT2D eigenvalue weighted by Crippen LogP contribution is 2.56. The summed E-state index contributed by atoms with van der Waals surface area (Å²) in [6.07, 6.45) is 7.94. The Balaban J connectivity index is 1.37. The van der Waals surface area contributed by atoms with E-state index < -0.39 is 0 Å². The first-order valence-corrected chi connectivity index (χ1v) is 11.4. The Kier molecular flexibility index (Phi) is 7.12. The molecule has 1 saturated carbocycles. The van der Waals surface area contributed by atoms with Gasteiger partial charge < -0.3 is 23.8 Å². The maximum atomic E-state index is 6.22. The van der Waals surface area contributed by atoms with Crippen molar-refractivity contribution in [1.82, 2.24) is 4.90 Å². The average Bonchev–Trinajstić information content (AvgIpc) is 2.75. The van der Waals surface area contributed by atoms with Gasteiger partial charge in [-0.3, -0.25) is 0 Å². The largest absolute Gasteiger partial charge is 0.491 e. The second kappa shape index (κ2) is 9.78. The van der Waals surface area contributed by atoms with Gasteiger partial charge in [0.25, 0.3) is 0 Å². The standard InChI is InChI=1S/C24H37NO4/c1-25-11-10-24-9-4-3-6-21(24)22(25)18-19-20(24)7-5-8-23(19)29-17-16-28-15-14-27-13-12-26-2/h5,7-8,21-22H,3-4,6,9-18H2,1-2H3/t21-,22+,24-/m0/s1. The van der Waals surface area contributed by atoms with E-state index in [9.17, 15) is 0 Å². The lowest BCUT2D eigenvalue weighted by Gasteiger charge is -2.58. The average molecular weight is 404 g/mol. The molecule has 2 aliphatic carbocycles. The summed E-state index contributed by atoms with van der Waals surface area (Å²) >= 11 is 0. The quantitative estimate of drug-likeness (QED) is 0.560. The SMILES string of the molecule is COCCOCCOCCOc1cccc2c1C[C@@H]1[C@@H]3CCCC[C@]23CCN1C. The summed E-state index contributed by atoms with van der Waals surface area (Å²) in [5.41, 5.74) is 3.44. The lowest BCUT2D eigenvalue weighted by molar-refractivity contribution is 0.00143. The molecule has 162 valence electrons. The molecule has 3 aliphatic rings. The van der Waals surface area contributed by atoms with Gasteiger partial charge >= 0.3 is 0 Å². The predicted octanol–water partition coefficient (Wildman–Crippen LogP) is 3.43. The normalized spacial score (nSPS) is 28.6. The zero-order valence-electron chi connectivity index (χ0n) is 18.2. The highest BCUT2D eigenvalue weighted by atomic mass is 16.6. The lowest BCUT2D eigenvalue weighted by atomic mass is 9.52. The van der Waals surface area contributed by atoms with Crippen molar-refractivity contribution in [2.24, 2.45) is 5.92 Å². The van der Waals surface area contributed by atoms with Gasteiger partial charge in [-0.2, -0.15) is 0 Å². The van der Waals surface area contributed by atoms with Crippen LogP contribution in [0.3, 0.4) is 0 Å². The first-order valence-electron chi connectivity index (χ1n) is 11.4. The van der Waals surface area contributed by atoms with Crippen molar-refractivity contribution in [2.75, 3.05) is 60.3 Å². The number of likely N-dealkylation sites (N-methyl/N-ethyl adjacent to an activating group) is 1. The van der Waals surface area contributed by atoms with Gasteiger partial charge in [0.1, 0.15) is 12.4 Å². The Morgan fingerprint density at radius 1 is 1.00 bits per heavy atom. The molecule has 2 bridgehead atoms. The molecule has 0 amide bonds. The zero-order chi connectivity index (χ0) is 20.1. The Hall–Kier alpha value is -1.14. The van der Waals surface area contributed by atoms with E-state index in [4.69, 9.17) is 18.9 Å². The molecule has 0 aromatic heterocycles. The van der Waals surface area contributed by atoms with E-state index in [1.54, 1.807) is 12.7 Å². The first kappa shape index (κ1) is 21.1. The molecule has 1 aromatic carbocycles. The smallest absolute Gasteiger partial charge is 0.122 e. The third kappa shape index (κ3) is 4.34. The van der Waals surface area contributed by atoms with Gasteiger partial charge in [-0.15, -0.1) is 0 Å². The number of ether oxygens (including phenoxy) is 4. The van der Waals surface area contributed by atoms with Crippen LogP contribution < -0.4 is 4.74 Å². The van der Waals surface area contributed by atoms with E-state index in [2.05, 4.69) is 30.1 Å². The lowest BCUT2D eigenvalue weighted by Crippen LogP contribution is -2.59. The Morgan fingerprint density at radius 3 is 2.62 bits per heavy atom. The van der Waals surface area contributed by atoms with Crippen LogP contribution in [0.5, 0.6) is 5.75 Å². The van der Waals surface area contributed by atoms with E-state index in [1.807, 2.05) is 0 Å². The van der Waals surface area contributed by atoms with Gasteiger partial charge in [0, 0.05) is 18.6 Å². The monoisotopic (exact) mass is 403 g/mol. The number of likely N-dealkylation sites (tertiary alicyclic amines) is 1.